The third-order valence-corrected chi connectivity index (χ3v) is 3.95. The monoisotopic (exact) mass is 380 g/mol. The van der Waals surface area contributed by atoms with E-state index >= 15 is 0 Å². The average molecular weight is 380 g/mol. The molecule has 0 saturated carbocycles. The van der Waals surface area contributed by atoms with Crippen LogP contribution in [0.3, 0.4) is 0 Å². The first-order valence-corrected chi connectivity index (χ1v) is 8.79. The predicted octanol–water partition coefficient (Wildman–Crippen LogP) is 1.61. The Hall–Kier alpha value is -3.68. The van der Waals surface area contributed by atoms with E-state index in [1.807, 2.05) is 30.3 Å². The Morgan fingerprint density at radius 3 is 2.46 bits per heavy atom. The number of phenolic OH excluding ortho intramolecular Hbond substituents is 1. The first-order valence-electron chi connectivity index (χ1n) is 8.79. The number of aromatic nitrogens is 2. The Morgan fingerprint density at radius 2 is 1.71 bits per heavy atom. The van der Waals surface area contributed by atoms with Crippen LogP contribution in [0.1, 0.15) is 27.6 Å². The van der Waals surface area contributed by atoms with Crippen molar-refractivity contribution in [3.8, 4) is 5.75 Å². The normalized spacial score (nSPS) is 10.4. The van der Waals surface area contributed by atoms with Crippen molar-refractivity contribution in [3.63, 3.8) is 0 Å². The van der Waals surface area contributed by atoms with Gasteiger partial charge in [-0.05, 0) is 29.7 Å². The predicted molar refractivity (Wildman–Crippen MR) is 100 cm³/mol. The highest BCUT2D eigenvalue weighted by Crippen LogP contribution is 2.09. The number of phenols is 1. The standard InChI is InChI=1S/C20H20N4O4/c25-16-8-6-14(7-9-16)10-11-21-19(27)20-23-17(24-28-20)12-18(26)22-13-15-4-2-1-3-5-15/h1-9,25H,10-13H2,(H,21,27)(H,22,26). The van der Waals surface area contributed by atoms with Gasteiger partial charge in [0.25, 0.3) is 0 Å². The molecule has 1 aromatic heterocycles. The van der Waals surface area contributed by atoms with E-state index in [1.54, 1.807) is 24.3 Å². The minimum Gasteiger partial charge on any atom is -0.508 e. The van der Waals surface area contributed by atoms with Gasteiger partial charge < -0.3 is 20.3 Å². The van der Waals surface area contributed by atoms with Crippen molar-refractivity contribution in [3.05, 3.63) is 77.4 Å². The largest absolute Gasteiger partial charge is 0.508 e. The molecule has 0 radical (unpaired) electrons. The van der Waals surface area contributed by atoms with Crippen LogP contribution in [-0.4, -0.2) is 33.6 Å². The number of nitrogens with one attached hydrogen (secondary N) is 2. The fourth-order valence-electron chi connectivity index (χ4n) is 2.48. The van der Waals surface area contributed by atoms with Gasteiger partial charge in [0.1, 0.15) is 5.75 Å². The molecule has 8 heteroatoms. The van der Waals surface area contributed by atoms with E-state index in [1.165, 1.54) is 0 Å². The van der Waals surface area contributed by atoms with E-state index in [0.29, 0.717) is 19.5 Å². The number of benzene rings is 2. The Labute approximate surface area is 161 Å². The first kappa shape index (κ1) is 19.1. The topological polar surface area (TPSA) is 117 Å². The number of carbonyl (C=O) groups is 2. The maximum atomic E-state index is 12.1. The lowest BCUT2D eigenvalue weighted by Gasteiger charge is -2.03. The SMILES string of the molecule is O=C(Cc1noc(C(=O)NCCc2ccc(O)cc2)n1)NCc1ccccc1. The van der Waals surface area contributed by atoms with Gasteiger partial charge in [-0.1, -0.05) is 47.6 Å². The highest BCUT2D eigenvalue weighted by atomic mass is 16.5. The first-order chi connectivity index (χ1) is 13.6. The van der Waals surface area contributed by atoms with Gasteiger partial charge in [0.05, 0.1) is 6.42 Å². The Kier molecular flexibility index (Phi) is 6.35. The molecule has 0 saturated heterocycles. The lowest BCUT2D eigenvalue weighted by atomic mass is 10.1. The molecule has 0 aliphatic heterocycles. The second kappa shape index (κ2) is 9.31. The minimum atomic E-state index is -0.498. The molecule has 0 fully saturated rings. The van der Waals surface area contributed by atoms with Gasteiger partial charge in [-0.25, -0.2) is 0 Å². The molecule has 144 valence electrons. The zero-order chi connectivity index (χ0) is 19.8. The summed E-state index contributed by atoms with van der Waals surface area (Å²) in [5.74, 6) is -0.601. The van der Waals surface area contributed by atoms with Crippen LogP contribution in [0.2, 0.25) is 0 Å². The van der Waals surface area contributed by atoms with Crippen LogP contribution in [0.4, 0.5) is 0 Å². The number of rotatable bonds is 8. The van der Waals surface area contributed by atoms with E-state index in [2.05, 4.69) is 20.8 Å². The van der Waals surface area contributed by atoms with E-state index in [-0.39, 0.29) is 29.8 Å². The number of nitrogens with zero attached hydrogens (tertiary/aromatic N) is 2. The molecule has 0 atom stereocenters. The summed E-state index contributed by atoms with van der Waals surface area (Å²) in [5, 5.41) is 18.4. The molecular formula is C20H20N4O4. The molecule has 3 aromatic rings. The summed E-state index contributed by atoms with van der Waals surface area (Å²) in [4.78, 5) is 28.0. The zero-order valence-electron chi connectivity index (χ0n) is 15.1. The molecule has 2 aromatic carbocycles. The van der Waals surface area contributed by atoms with Gasteiger partial charge in [0.15, 0.2) is 5.82 Å². The van der Waals surface area contributed by atoms with Crippen LogP contribution in [0, 0.1) is 0 Å². The van der Waals surface area contributed by atoms with Crippen molar-refractivity contribution in [1.29, 1.82) is 0 Å². The third-order valence-electron chi connectivity index (χ3n) is 3.95. The lowest BCUT2D eigenvalue weighted by Crippen LogP contribution is -2.26. The number of carbonyl (C=O) groups excluding carboxylic acids is 2. The minimum absolute atomic E-state index is 0.0723. The van der Waals surface area contributed by atoms with Crippen molar-refractivity contribution in [2.75, 3.05) is 6.54 Å². The van der Waals surface area contributed by atoms with Crippen LogP contribution in [-0.2, 0) is 24.2 Å². The second-order valence-electron chi connectivity index (χ2n) is 6.13. The Balaban J connectivity index is 1.43. The fourth-order valence-corrected chi connectivity index (χ4v) is 2.48. The molecule has 3 rings (SSSR count). The highest BCUT2D eigenvalue weighted by Gasteiger charge is 2.16. The van der Waals surface area contributed by atoms with Crippen molar-refractivity contribution in [1.82, 2.24) is 20.8 Å². The summed E-state index contributed by atoms with van der Waals surface area (Å²) in [6.07, 6.45) is 0.520. The Bertz CT molecular complexity index is 923. The third kappa shape index (κ3) is 5.66. The number of hydrogen-bond acceptors (Lipinski definition) is 6. The van der Waals surface area contributed by atoms with Crippen molar-refractivity contribution in [2.45, 2.75) is 19.4 Å². The van der Waals surface area contributed by atoms with Crippen LogP contribution in [0.5, 0.6) is 5.75 Å². The molecule has 1 heterocycles. The van der Waals surface area contributed by atoms with E-state index in [0.717, 1.165) is 11.1 Å². The van der Waals surface area contributed by atoms with Crippen molar-refractivity contribution < 1.29 is 19.2 Å². The van der Waals surface area contributed by atoms with Crippen LogP contribution in [0.15, 0.2) is 59.1 Å². The average Bonchev–Trinajstić information content (AvgIpc) is 3.17. The maximum Gasteiger partial charge on any atom is 0.315 e. The maximum absolute atomic E-state index is 12.1. The molecule has 2 amide bonds. The van der Waals surface area contributed by atoms with Gasteiger partial charge in [0, 0.05) is 13.1 Å². The molecule has 0 aliphatic rings. The van der Waals surface area contributed by atoms with E-state index in [4.69, 9.17) is 4.52 Å². The molecule has 3 N–H and O–H groups in total. The van der Waals surface area contributed by atoms with E-state index < -0.39 is 5.91 Å². The molecular weight excluding hydrogens is 360 g/mol. The van der Waals surface area contributed by atoms with Crippen LogP contribution in [0.25, 0.3) is 0 Å². The quantitative estimate of drug-likeness (QED) is 0.546. The van der Waals surface area contributed by atoms with Crippen LogP contribution < -0.4 is 10.6 Å². The molecule has 28 heavy (non-hydrogen) atoms. The molecule has 0 bridgehead atoms. The number of amides is 2. The fraction of sp³-hybridized carbons (Fsp3) is 0.200. The summed E-state index contributed by atoms with van der Waals surface area (Å²) in [6.45, 7) is 0.779. The van der Waals surface area contributed by atoms with Crippen molar-refractivity contribution >= 4 is 11.8 Å². The molecule has 0 aliphatic carbocycles. The van der Waals surface area contributed by atoms with Gasteiger partial charge >= 0.3 is 11.8 Å². The zero-order valence-corrected chi connectivity index (χ0v) is 15.1. The molecule has 0 spiro atoms. The van der Waals surface area contributed by atoms with Gasteiger partial charge in [-0.15, -0.1) is 0 Å². The second-order valence-corrected chi connectivity index (χ2v) is 6.13. The summed E-state index contributed by atoms with van der Waals surface area (Å²) >= 11 is 0. The summed E-state index contributed by atoms with van der Waals surface area (Å²) in [6, 6.07) is 16.3. The number of aromatic hydroxyl groups is 1. The summed E-state index contributed by atoms with van der Waals surface area (Å²) in [7, 11) is 0. The summed E-state index contributed by atoms with van der Waals surface area (Å²) in [5.41, 5.74) is 1.96. The van der Waals surface area contributed by atoms with Crippen molar-refractivity contribution in [2.24, 2.45) is 0 Å². The number of hydrogen-bond donors (Lipinski definition) is 3. The van der Waals surface area contributed by atoms with E-state index in [9.17, 15) is 14.7 Å². The summed E-state index contributed by atoms with van der Waals surface area (Å²) < 4.78 is 4.92. The highest BCUT2D eigenvalue weighted by molar-refractivity contribution is 5.89. The molecule has 8 nitrogen and oxygen atoms in total. The lowest BCUT2D eigenvalue weighted by molar-refractivity contribution is -0.120. The molecule has 0 unspecified atom stereocenters. The van der Waals surface area contributed by atoms with Gasteiger partial charge in [-0.3, -0.25) is 9.59 Å². The van der Waals surface area contributed by atoms with Gasteiger partial charge in [-0.2, -0.15) is 4.98 Å². The van der Waals surface area contributed by atoms with Gasteiger partial charge in [0.2, 0.25) is 5.91 Å². The Morgan fingerprint density at radius 1 is 0.964 bits per heavy atom. The smallest absolute Gasteiger partial charge is 0.315 e. The van der Waals surface area contributed by atoms with Crippen LogP contribution >= 0.6 is 0 Å².